The molecule has 0 bridgehead atoms. The zero-order valence-corrected chi connectivity index (χ0v) is 11.4. The number of thiocarbonyl (C=S) groups is 2. The third-order valence-corrected chi connectivity index (χ3v) is 3.82. The van der Waals surface area contributed by atoms with Gasteiger partial charge in [0.05, 0.1) is 0 Å². The number of ether oxygens (including phenoxy) is 2. The van der Waals surface area contributed by atoms with Gasteiger partial charge in [0, 0.05) is 0 Å². The molecule has 0 unspecified atom stereocenters. The van der Waals surface area contributed by atoms with Gasteiger partial charge in [0.1, 0.15) is 0 Å². The summed E-state index contributed by atoms with van der Waals surface area (Å²) in [5.74, 6) is 0. The van der Waals surface area contributed by atoms with E-state index in [2.05, 4.69) is 15.6 Å². The van der Waals surface area contributed by atoms with Crippen molar-refractivity contribution >= 4 is 59.4 Å². The summed E-state index contributed by atoms with van der Waals surface area (Å²) in [6, 6.07) is 0. The Morgan fingerprint density at radius 3 is 2.31 bits per heavy atom. The molecule has 0 rings (SSSR count). The zero-order chi connectivity index (χ0) is 10.3. The molecule has 0 saturated heterocycles. The molecule has 0 aromatic carbocycles. The van der Waals surface area contributed by atoms with Crippen molar-refractivity contribution in [2.75, 3.05) is 6.61 Å². The van der Waals surface area contributed by atoms with Crippen LogP contribution in [0.5, 0.6) is 0 Å². The van der Waals surface area contributed by atoms with Crippen molar-refractivity contribution in [3.05, 3.63) is 0 Å². The van der Waals surface area contributed by atoms with Crippen LogP contribution >= 0.6 is 46.0 Å². The molecule has 7 heteroatoms. The van der Waals surface area contributed by atoms with Gasteiger partial charge >= 0.3 is 105 Å². The van der Waals surface area contributed by atoms with Gasteiger partial charge in [0.25, 0.3) is 0 Å². The van der Waals surface area contributed by atoms with Crippen molar-refractivity contribution in [1.29, 1.82) is 0 Å². The van der Waals surface area contributed by atoms with Crippen molar-refractivity contribution in [2.45, 2.75) is 13.8 Å². The quantitative estimate of drug-likeness (QED) is 0.440. The predicted molar refractivity (Wildman–Crippen MR) is 63.8 cm³/mol. The zero-order valence-electron chi connectivity index (χ0n) is 7.01. The van der Waals surface area contributed by atoms with E-state index in [0.29, 0.717) is 20.0 Å². The Bertz CT molecular complexity index is 219. The predicted octanol–water partition coefficient (Wildman–Crippen LogP) is 2.69. The molecular weight excluding hydrogens is 288 g/mol. The van der Waals surface area contributed by atoms with E-state index in [4.69, 9.17) is 33.9 Å². The summed E-state index contributed by atoms with van der Waals surface area (Å²) in [5.41, 5.74) is 0. The van der Waals surface area contributed by atoms with Gasteiger partial charge in [-0.25, -0.2) is 0 Å². The molecule has 0 radical (unpaired) electrons. The molecule has 0 fully saturated rings. The summed E-state index contributed by atoms with van der Waals surface area (Å²) >= 11 is 13.3. The van der Waals surface area contributed by atoms with Crippen LogP contribution in [-0.4, -0.2) is 20.0 Å². The van der Waals surface area contributed by atoms with Gasteiger partial charge in [0.15, 0.2) is 0 Å². The number of rotatable bonds is 2. The molecule has 2 nitrogen and oxygen atoms in total. The van der Waals surface area contributed by atoms with Gasteiger partial charge in [-0.05, 0) is 0 Å². The second kappa shape index (κ2) is 8.20. The molecule has 0 aromatic rings. The summed E-state index contributed by atoms with van der Waals surface area (Å²) in [5, 5.41) is 0. The fourth-order valence-electron chi connectivity index (χ4n) is 0.340. The molecule has 0 aliphatic carbocycles. The summed E-state index contributed by atoms with van der Waals surface area (Å²) in [4.78, 5) is 0. The second-order valence-electron chi connectivity index (χ2n) is 1.65. The summed E-state index contributed by atoms with van der Waals surface area (Å²) in [6.07, 6.45) is 0. The van der Waals surface area contributed by atoms with Crippen LogP contribution in [0.15, 0.2) is 0 Å². The molecule has 0 aliphatic heterocycles. The minimum atomic E-state index is 0.388. The molecule has 0 N–H and O–H groups in total. The molecule has 0 spiro atoms. The van der Waals surface area contributed by atoms with Crippen molar-refractivity contribution in [3.8, 4) is 0 Å². The van der Waals surface area contributed by atoms with Crippen molar-refractivity contribution in [2.24, 2.45) is 0 Å². The molecule has 76 valence electrons. The molecule has 0 atom stereocenters. The van der Waals surface area contributed by atoms with E-state index in [1.807, 2.05) is 6.92 Å². The van der Waals surface area contributed by atoms with Crippen LogP contribution in [0.2, 0.25) is 0 Å². The molecular formula is C6H8FeO2S4. The molecule has 0 aromatic heterocycles. The first-order valence-electron chi connectivity index (χ1n) is 3.27. The van der Waals surface area contributed by atoms with Crippen LogP contribution in [0.1, 0.15) is 13.8 Å². The van der Waals surface area contributed by atoms with Gasteiger partial charge in [0.2, 0.25) is 0 Å². The number of hydrogen-bond acceptors (Lipinski definition) is 6. The van der Waals surface area contributed by atoms with Crippen molar-refractivity contribution < 1.29 is 25.0 Å². The molecule has 0 amide bonds. The first-order chi connectivity index (χ1) is 6.06. The van der Waals surface area contributed by atoms with E-state index in [1.54, 1.807) is 6.92 Å². The van der Waals surface area contributed by atoms with E-state index in [0.717, 1.165) is 0 Å². The molecule has 0 heterocycles. The van der Waals surface area contributed by atoms with Gasteiger partial charge < -0.3 is 0 Å². The maximum atomic E-state index is 5.04. The normalized spacial score (nSPS) is 9.15. The minimum absolute atomic E-state index is 0.388. The average Bonchev–Trinajstić information content (AvgIpc) is 2.00. The van der Waals surface area contributed by atoms with Crippen LogP contribution in [0.3, 0.4) is 0 Å². The van der Waals surface area contributed by atoms with Crippen LogP contribution < -0.4 is 0 Å². The van der Waals surface area contributed by atoms with Crippen LogP contribution in [0.25, 0.3) is 0 Å². The number of hydrogen-bond donors (Lipinski definition) is 0. The van der Waals surface area contributed by atoms with Gasteiger partial charge in [-0.15, -0.1) is 0 Å². The summed E-state index contributed by atoms with van der Waals surface area (Å²) < 4.78 is 11.5. The van der Waals surface area contributed by atoms with Crippen molar-refractivity contribution in [1.82, 2.24) is 0 Å². The van der Waals surface area contributed by atoms with Crippen LogP contribution in [-0.2, 0) is 25.0 Å². The topological polar surface area (TPSA) is 18.5 Å². The Morgan fingerprint density at radius 1 is 1.31 bits per heavy atom. The van der Waals surface area contributed by atoms with Crippen LogP contribution in [0, 0.1) is 0 Å². The molecule has 0 saturated carbocycles. The fraction of sp³-hybridized carbons (Fsp3) is 0.500. The van der Waals surface area contributed by atoms with Crippen LogP contribution in [0.4, 0.5) is 0 Å². The fourth-order valence-corrected chi connectivity index (χ4v) is 2.56. The SMILES string of the molecule is CCOC(=S)SSC(=S)O[C](C)=[Fe]. The van der Waals surface area contributed by atoms with E-state index in [1.165, 1.54) is 21.6 Å². The van der Waals surface area contributed by atoms with E-state index in [9.17, 15) is 0 Å². The standard InChI is InChI=1S/C6H8O2S4.Fe/c1-3-7-5(9)11-12-6(10)8-4-2;/h3H2,1-2H3;. The average molecular weight is 296 g/mol. The Hall–Kier alpha value is 0.869. The summed E-state index contributed by atoms with van der Waals surface area (Å²) in [6.45, 7) is 4.18. The van der Waals surface area contributed by atoms with E-state index in [-0.39, 0.29) is 0 Å². The second-order valence-corrected chi connectivity index (χ2v) is 5.77. The molecule has 0 aliphatic rings. The maximum absolute atomic E-state index is 5.04. The van der Waals surface area contributed by atoms with Gasteiger partial charge in [-0.3, -0.25) is 0 Å². The molecule has 13 heavy (non-hydrogen) atoms. The first-order valence-corrected chi connectivity index (χ1v) is 6.79. The Labute approximate surface area is 104 Å². The Morgan fingerprint density at radius 2 is 1.85 bits per heavy atom. The van der Waals surface area contributed by atoms with Gasteiger partial charge in [-0.2, -0.15) is 0 Å². The Balaban J connectivity index is 3.58. The summed E-state index contributed by atoms with van der Waals surface area (Å²) in [7, 11) is 2.52. The monoisotopic (exact) mass is 296 g/mol. The van der Waals surface area contributed by atoms with E-state index >= 15 is 0 Å². The Kier molecular flexibility index (Phi) is 8.75. The van der Waals surface area contributed by atoms with E-state index < -0.39 is 0 Å². The third kappa shape index (κ3) is 9.18. The van der Waals surface area contributed by atoms with Crippen molar-refractivity contribution in [3.63, 3.8) is 0 Å². The first kappa shape index (κ1) is 13.9. The third-order valence-electron chi connectivity index (χ3n) is 0.661. The van der Waals surface area contributed by atoms with Gasteiger partial charge in [-0.1, -0.05) is 0 Å².